The van der Waals surface area contributed by atoms with Gasteiger partial charge in [-0.2, -0.15) is 0 Å². The molecule has 0 radical (unpaired) electrons. The van der Waals surface area contributed by atoms with Gasteiger partial charge in [-0.3, -0.25) is 0 Å². The molecule has 1 saturated carbocycles. The van der Waals surface area contributed by atoms with E-state index in [2.05, 4.69) is 26.0 Å². The van der Waals surface area contributed by atoms with Crippen molar-refractivity contribution in [1.82, 2.24) is 0 Å². The van der Waals surface area contributed by atoms with Gasteiger partial charge in [-0.15, -0.1) is 0 Å². The zero-order valence-electron chi connectivity index (χ0n) is 10.8. The predicted molar refractivity (Wildman–Crippen MR) is 68.3 cm³/mol. The standard InChI is InChI=1S/C15H20O2/c1-11-12(10-16)8-9-15(11,2)13-4-6-14(17-3)7-5-13/h4-7,10-12H,8-9H2,1-3H3. The molecule has 1 aromatic carbocycles. The molecule has 92 valence electrons. The lowest BCUT2D eigenvalue weighted by atomic mass is 9.73. The average molecular weight is 232 g/mol. The number of ether oxygens (including phenoxy) is 1. The summed E-state index contributed by atoms with van der Waals surface area (Å²) in [5.41, 5.74) is 1.44. The summed E-state index contributed by atoms with van der Waals surface area (Å²) in [4.78, 5) is 11.0. The van der Waals surface area contributed by atoms with E-state index >= 15 is 0 Å². The first-order chi connectivity index (χ1) is 8.11. The second-order valence-corrected chi connectivity index (χ2v) is 5.27. The summed E-state index contributed by atoms with van der Waals surface area (Å²) in [5.74, 6) is 1.51. The van der Waals surface area contributed by atoms with E-state index in [0.717, 1.165) is 24.9 Å². The van der Waals surface area contributed by atoms with Gasteiger partial charge >= 0.3 is 0 Å². The van der Waals surface area contributed by atoms with E-state index < -0.39 is 0 Å². The van der Waals surface area contributed by atoms with Crippen molar-refractivity contribution in [3.63, 3.8) is 0 Å². The SMILES string of the molecule is COc1ccc(C2(C)CCC(C=O)C2C)cc1. The molecule has 0 spiro atoms. The van der Waals surface area contributed by atoms with Crippen LogP contribution in [0.4, 0.5) is 0 Å². The Morgan fingerprint density at radius 3 is 2.47 bits per heavy atom. The van der Waals surface area contributed by atoms with Gasteiger partial charge in [0, 0.05) is 5.92 Å². The molecule has 0 N–H and O–H groups in total. The first-order valence-electron chi connectivity index (χ1n) is 6.21. The highest BCUT2D eigenvalue weighted by Crippen LogP contribution is 2.47. The molecule has 17 heavy (non-hydrogen) atoms. The monoisotopic (exact) mass is 232 g/mol. The van der Waals surface area contributed by atoms with Crippen LogP contribution in [0.15, 0.2) is 24.3 Å². The average Bonchev–Trinajstić information content (AvgIpc) is 2.67. The Kier molecular flexibility index (Phi) is 3.23. The molecular weight excluding hydrogens is 212 g/mol. The van der Waals surface area contributed by atoms with Crippen LogP contribution >= 0.6 is 0 Å². The third-order valence-corrected chi connectivity index (χ3v) is 4.57. The summed E-state index contributed by atoms with van der Waals surface area (Å²) in [6.07, 6.45) is 3.22. The van der Waals surface area contributed by atoms with Crippen LogP contribution in [-0.2, 0) is 10.2 Å². The normalized spacial score (nSPS) is 32.4. The van der Waals surface area contributed by atoms with Crippen LogP contribution in [0, 0.1) is 11.8 Å². The summed E-state index contributed by atoms with van der Waals surface area (Å²) in [7, 11) is 1.68. The Labute approximate surface area is 103 Å². The summed E-state index contributed by atoms with van der Waals surface area (Å²) in [6.45, 7) is 4.46. The van der Waals surface area contributed by atoms with Gasteiger partial charge in [-0.05, 0) is 41.9 Å². The number of carbonyl (C=O) groups is 1. The van der Waals surface area contributed by atoms with Crippen LogP contribution in [0.1, 0.15) is 32.3 Å². The van der Waals surface area contributed by atoms with Crippen molar-refractivity contribution in [3.05, 3.63) is 29.8 Å². The number of carbonyl (C=O) groups excluding carboxylic acids is 1. The van der Waals surface area contributed by atoms with Crippen LogP contribution in [-0.4, -0.2) is 13.4 Å². The molecule has 2 heteroatoms. The highest BCUT2D eigenvalue weighted by atomic mass is 16.5. The second kappa shape index (κ2) is 4.52. The number of hydrogen-bond acceptors (Lipinski definition) is 2. The van der Waals surface area contributed by atoms with Crippen LogP contribution in [0.5, 0.6) is 5.75 Å². The topological polar surface area (TPSA) is 26.3 Å². The van der Waals surface area contributed by atoms with Crippen molar-refractivity contribution in [3.8, 4) is 5.75 Å². The molecule has 0 saturated heterocycles. The second-order valence-electron chi connectivity index (χ2n) is 5.27. The molecule has 2 nitrogen and oxygen atoms in total. The Bertz CT molecular complexity index is 396. The Balaban J connectivity index is 2.28. The van der Waals surface area contributed by atoms with Gasteiger partial charge in [0.05, 0.1) is 7.11 Å². The number of benzene rings is 1. The van der Waals surface area contributed by atoms with E-state index in [0.29, 0.717) is 5.92 Å². The van der Waals surface area contributed by atoms with Gasteiger partial charge in [0.15, 0.2) is 0 Å². The lowest BCUT2D eigenvalue weighted by molar-refractivity contribution is -0.112. The number of aldehydes is 1. The molecule has 1 aliphatic rings. The summed E-state index contributed by atoms with van der Waals surface area (Å²) in [5, 5.41) is 0. The highest BCUT2D eigenvalue weighted by molar-refractivity contribution is 5.56. The van der Waals surface area contributed by atoms with Crippen molar-refractivity contribution in [2.75, 3.05) is 7.11 Å². The largest absolute Gasteiger partial charge is 0.497 e. The van der Waals surface area contributed by atoms with E-state index in [4.69, 9.17) is 4.74 Å². The molecule has 2 rings (SSSR count). The minimum atomic E-state index is 0.123. The van der Waals surface area contributed by atoms with E-state index in [1.807, 2.05) is 12.1 Å². The van der Waals surface area contributed by atoms with Crippen molar-refractivity contribution in [2.24, 2.45) is 11.8 Å². The Morgan fingerprint density at radius 1 is 1.35 bits per heavy atom. The number of hydrogen-bond donors (Lipinski definition) is 0. The third kappa shape index (κ3) is 1.97. The van der Waals surface area contributed by atoms with Crippen LogP contribution in [0.2, 0.25) is 0 Å². The zero-order chi connectivity index (χ0) is 12.5. The zero-order valence-corrected chi connectivity index (χ0v) is 10.8. The first-order valence-corrected chi connectivity index (χ1v) is 6.21. The predicted octanol–water partition coefficient (Wildman–Crippen LogP) is 3.20. The maximum Gasteiger partial charge on any atom is 0.123 e. The number of rotatable bonds is 3. The lowest BCUT2D eigenvalue weighted by Crippen LogP contribution is -2.27. The minimum Gasteiger partial charge on any atom is -0.497 e. The fourth-order valence-electron chi connectivity index (χ4n) is 2.98. The molecule has 0 aliphatic heterocycles. The first kappa shape index (κ1) is 12.2. The van der Waals surface area contributed by atoms with Crippen molar-refractivity contribution < 1.29 is 9.53 Å². The van der Waals surface area contributed by atoms with Gasteiger partial charge in [0.25, 0.3) is 0 Å². The fraction of sp³-hybridized carbons (Fsp3) is 0.533. The Hall–Kier alpha value is -1.31. The molecule has 1 aromatic rings. The molecule has 0 aromatic heterocycles. The van der Waals surface area contributed by atoms with Gasteiger partial charge in [0.2, 0.25) is 0 Å². The summed E-state index contributed by atoms with van der Waals surface area (Å²) >= 11 is 0. The van der Waals surface area contributed by atoms with Crippen LogP contribution in [0.25, 0.3) is 0 Å². The van der Waals surface area contributed by atoms with Crippen LogP contribution in [0.3, 0.4) is 0 Å². The van der Waals surface area contributed by atoms with Crippen LogP contribution < -0.4 is 4.74 Å². The van der Waals surface area contributed by atoms with Crippen molar-refractivity contribution >= 4 is 6.29 Å². The van der Waals surface area contributed by atoms with E-state index in [9.17, 15) is 4.79 Å². The van der Waals surface area contributed by atoms with Crippen molar-refractivity contribution in [2.45, 2.75) is 32.1 Å². The van der Waals surface area contributed by atoms with Crippen molar-refractivity contribution in [1.29, 1.82) is 0 Å². The number of methoxy groups -OCH3 is 1. The lowest BCUT2D eigenvalue weighted by Gasteiger charge is -2.31. The smallest absolute Gasteiger partial charge is 0.123 e. The quantitative estimate of drug-likeness (QED) is 0.748. The van der Waals surface area contributed by atoms with Gasteiger partial charge in [-0.1, -0.05) is 26.0 Å². The Morgan fingerprint density at radius 2 is 2.00 bits per heavy atom. The minimum absolute atomic E-state index is 0.123. The highest BCUT2D eigenvalue weighted by Gasteiger charge is 2.43. The molecule has 0 heterocycles. The van der Waals surface area contributed by atoms with Gasteiger partial charge in [-0.25, -0.2) is 0 Å². The van der Waals surface area contributed by atoms with E-state index in [1.54, 1.807) is 7.11 Å². The molecule has 3 unspecified atom stereocenters. The van der Waals surface area contributed by atoms with Gasteiger partial charge in [0.1, 0.15) is 12.0 Å². The maximum atomic E-state index is 11.0. The van der Waals surface area contributed by atoms with Gasteiger partial charge < -0.3 is 9.53 Å². The molecular formula is C15H20O2. The maximum absolute atomic E-state index is 11.0. The third-order valence-electron chi connectivity index (χ3n) is 4.57. The summed E-state index contributed by atoms with van der Waals surface area (Å²) < 4.78 is 5.18. The molecule has 1 aliphatic carbocycles. The molecule has 0 amide bonds. The van der Waals surface area contributed by atoms with E-state index in [1.165, 1.54) is 5.56 Å². The van der Waals surface area contributed by atoms with E-state index in [-0.39, 0.29) is 11.3 Å². The molecule has 1 fully saturated rings. The molecule has 3 atom stereocenters. The summed E-state index contributed by atoms with van der Waals surface area (Å²) in [6, 6.07) is 8.26. The molecule has 0 bridgehead atoms. The fourth-order valence-corrected chi connectivity index (χ4v) is 2.98.